The van der Waals surface area contributed by atoms with Crippen molar-refractivity contribution in [3.8, 4) is 5.88 Å². The zero-order chi connectivity index (χ0) is 12.4. The van der Waals surface area contributed by atoms with Gasteiger partial charge in [-0.25, -0.2) is 0 Å². The minimum atomic E-state index is -0.0344. The number of likely N-dealkylation sites (tertiary alicyclic amines) is 1. The molecule has 1 aliphatic heterocycles. The van der Waals surface area contributed by atoms with Crippen molar-refractivity contribution in [2.24, 2.45) is 5.73 Å². The fraction of sp³-hybridized carbons (Fsp3) is 0.636. The van der Waals surface area contributed by atoms with Gasteiger partial charge < -0.3 is 10.5 Å². The summed E-state index contributed by atoms with van der Waals surface area (Å²) in [6, 6.07) is 3.85. The van der Waals surface area contributed by atoms with Crippen LogP contribution in [0.25, 0.3) is 0 Å². The van der Waals surface area contributed by atoms with Crippen LogP contribution in [0.15, 0.2) is 12.1 Å². The minimum Gasteiger partial charge on any atom is -0.470 e. The van der Waals surface area contributed by atoms with Crippen molar-refractivity contribution in [3.63, 3.8) is 0 Å². The van der Waals surface area contributed by atoms with Crippen molar-refractivity contribution in [1.29, 1.82) is 0 Å². The van der Waals surface area contributed by atoms with Gasteiger partial charge in [0.25, 0.3) is 0 Å². The molecule has 1 aromatic rings. The van der Waals surface area contributed by atoms with Gasteiger partial charge in [0, 0.05) is 25.2 Å². The van der Waals surface area contributed by atoms with E-state index in [1.807, 2.05) is 0 Å². The molecule has 1 saturated heterocycles. The Kier molecular flexibility index (Phi) is 3.81. The van der Waals surface area contributed by atoms with Gasteiger partial charge in [0.15, 0.2) is 5.15 Å². The van der Waals surface area contributed by atoms with Crippen molar-refractivity contribution >= 4 is 11.6 Å². The van der Waals surface area contributed by atoms with Crippen LogP contribution in [-0.4, -0.2) is 46.4 Å². The molecule has 0 radical (unpaired) electrons. The van der Waals surface area contributed by atoms with E-state index in [0.717, 1.165) is 13.1 Å². The van der Waals surface area contributed by atoms with Gasteiger partial charge in [0.05, 0.1) is 6.04 Å². The van der Waals surface area contributed by atoms with Crippen LogP contribution in [0.2, 0.25) is 5.15 Å². The standard InChI is InChI=1S/C11H17ClN4O/c1-7(2)16-5-8(13)9(6-16)17-11-4-3-10(12)14-15-11/h3-4,7-9H,5-6,13H2,1-2H3. The van der Waals surface area contributed by atoms with E-state index in [1.165, 1.54) is 0 Å². The molecular weight excluding hydrogens is 240 g/mol. The minimum absolute atomic E-state index is 0.00915. The van der Waals surface area contributed by atoms with E-state index in [1.54, 1.807) is 12.1 Å². The van der Waals surface area contributed by atoms with Crippen molar-refractivity contribution in [2.75, 3.05) is 13.1 Å². The second-order valence-corrected chi connectivity index (χ2v) is 4.95. The molecule has 17 heavy (non-hydrogen) atoms. The molecule has 94 valence electrons. The second kappa shape index (κ2) is 5.16. The molecule has 0 aromatic carbocycles. The number of hydrogen-bond donors (Lipinski definition) is 1. The van der Waals surface area contributed by atoms with Crippen LogP contribution in [-0.2, 0) is 0 Å². The third kappa shape index (κ3) is 3.06. The first-order valence-corrected chi connectivity index (χ1v) is 6.09. The third-order valence-electron chi connectivity index (χ3n) is 2.95. The van der Waals surface area contributed by atoms with Gasteiger partial charge in [0.2, 0.25) is 5.88 Å². The van der Waals surface area contributed by atoms with Crippen molar-refractivity contribution < 1.29 is 4.74 Å². The van der Waals surface area contributed by atoms with Gasteiger partial charge in [-0.3, -0.25) is 4.90 Å². The van der Waals surface area contributed by atoms with Crippen LogP contribution in [0.4, 0.5) is 0 Å². The zero-order valence-electron chi connectivity index (χ0n) is 10.0. The van der Waals surface area contributed by atoms with Crippen LogP contribution in [0, 0.1) is 0 Å². The first-order valence-electron chi connectivity index (χ1n) is 5.72. The molecule has 2 heterocycles. The molecule has 0 bridgehead atoms. The molecule has 2 N–H and O–H groups in total. The van der Waals surface area contributed by atoms with E-state index >= 15 is 0 Å². The number of nitrogens with zero attached hydrogens (tertiary/aromatic N) is 3. The summed E-state index contributed by atoms with van der Waals surface area (Å²) >= 11 is 5.66. The Morgan fingerprint density at radius 3 is 2.71 bits per heavy atom. The maximum Gasteiger partial charge on any atom is 0.233 e. The smallest absolute Gasteiger partial charge is 0.233 e. The van der Waals surface area contributed by atoms with Crippen LogP contribution in [0.3, 0.4) is 0 Å². The Balaban J connectivity index is 1.97. The third-order valence-corrected chi connectivity index (χ3v) is 3.15. The molecule has 0 spiro atoms. The van der Waals surface area contributed by atoms with Crippen molar-refractivity contribution in [1.82, 2.24) is 15.1 Å². The lowest BCUT2D eigenvalue weighted by molar-refractivity contribution is 0.172. The molecular formula is C11H17ClN4O. The predicted octanol–water partition coefficient (Wildman–Crippen LogP) is 0.929. The molecule has 2 unspecified atom stereocenters. The fourth-order valence-corrected chi connectivity index (χ4v) is 2.00. The number of rotatable bonds is 3. The van der Waals surface area contributed by atoms with Gasteiger partial charge >= 0.3 is 0 Å². The molecule has 0 aliphatic carbocycles. The fourth-order valence-electron chi connectivity index (χ4n) is 1.90. The summed E-state index contributed by atoms with van der Waals surface area (Å²) in [6.07, 6.45) is -0.0344. The highest BCUT2D eigenvalue weighted by Gasteiger charge is 2.33. The van der Waals surface area contributed by atoms with Crippen LogP contribution in [0.1, 0.15) is 13.8 Å². The first kappa shape index (κ1) is 12.5. The Bertz CT molecular complexity index is 370. The summed E-state index contributed by atoms with van der Waals surface area (Å²) in [5.41, 5.74) is 6.04. The van der Waals surface area contributed by atoms with E-state index in [2.05, 4.69) is 28.9 Å². The van der Waals surface area contributed by atoms with Gasteiger partial charge in [-0.1, -0.05) is 11.6 Å². The molecule has 0 saturated carbocycles. The van der Waals surface area contributed by atoms with Crippen LogP contribution >= 0.6 is 11.6 Å². The summed E-state index contributed by atoms with van der Waals surface area (Å²) < 4.78 is 5.72. The van der Waals surface area contributed by atoms with Gasteiger partial charge in [-0.2, -0.15) is 0 Å². The lowest BCUT2D eigenvalue weighted by Crippen LogP contribution is -2.37. The number of ether oxygens (including phenoxy) is 1. The molecule has 6 heteroatoms. The predicted molar refractivity (Wildman–Crippen MR) is 66.1 cm³/mol. The molecule has 0 amide bonds. The Morgan fingerprint density at radius 2 is 2.18 bits per heavy atom. The molecule has 1 aliphatic rings. The highest BCUT2D eigenvalue weighted by atomic mass is 35.5. The topological polar surface area (TPSA) is 64.3 Å². The lowest BCUT2D eigenvalue weighted by Gasteiger charge is -2.19. The van der Waals surface area contributed by atoms with Gasteiger partial charge in [-0.05, 0) is 19.9 Å². The van der Waals surface area contributed by atoms with Crippen LogP contribution < -0.4 is 10.5 Å². The van der Waals surface area contributed by atoms with E-state index in [4.69, 9.17) is 22.1 Å². The van der Waals surface area contributed by atoms with E-state index in [-0.39, 0.29) is 12.1 Å². The molecule has 1 aromatic heterocycles. The van der Waals surface area contributed by atoms with Crippen molar-refractivity contribution in [2.45, 2.75) is 32.0 Å². The number of hydrogen-bond acceptors (Lipinski definition) is 5. The molecule has 1 fully saturated rings. The first-order chi connectivity index (χ1) is 8.06. The second-order valence-electron chi connectivity index (χ2n) is 4.56. The average molecular weight is 257 g/mol. The van der Waals surface area contributed by atoms with Gasteiger partial charge in [0.1, 0.15) is 6.10 Å². The van der Waals surface area contributed by atoms with E-state index in [9.17, 15) is 0 Å². The number of halogens is 1. The van der Waals surface area contributed by atoms with Gasteiger partial charge in [-0.15, -0.1) is 10.2 Å². The van der Waals surface area contributed by atoms with E-state index in [0.29, 0.717) is 17.1 Å². The lowest BCUT2D eigenvalue weighted by atomic mass is 10.2. The summed E-state index contributed by atoms with van der Waals surface area (Å²) in [6.45, 7) is 5.97. The maximum absolute atomic E-state index is 6.04. The maximum atomic E-state index is 6.04. The largest absolute Gasteiger partial charge is 0.470 e. The summed E-state index contributed by atoms with van der Waals surface area (Å²) in [5, 5.41) is 7.96. The molecule has 5 nitrogen and oxygen atoms in total. The molecule has 2 atom stereocenters. The quantitative estimate of drug-likeness (QED) is 0.872. The Labute approximate surface area is 106 Å². The normalized spacial score (nSPS) is 25.5. The Morgan fingerprint density at radius 1 is 1.41 bits per heavy atom. The summed E-state index contributed by atoms with van der Waals surface area (Å²) in [5.74, 6) is 0.473. The highest BCUT2D eigenvalue weighted by Crippen LogP contribution is 2.17. The Hall–Kier alpha value is -0.910. The van der Waals surface area contributed by atoms with Crippen LogP contribution in [0.5, 0.6) is 5.88 Å². The van der Waals surface area contributed by atoms with Crippen molar-refractivity contribution in [3.05, 3.63) is 17.3 Å². The monoisotopic (exact) mass is 256 g/mol. The summed E-state index contributed by atoms with van der Waals surface area (Å²) in [4.78, 5) is 2.29. The average Bonchev–Trinajstić information content (AvgIpc) is 2.64. The SMILES string of the molecule is CC(C)N1CC(N)C(Oc2ccc(Cl)nn2)C1. The zero-order valence-corrected chi connectivity index (χ0v) is 10.8. The van der Waals surface area contributed by atoms with E-state index < -0.39 is 0 Å². The molecule has 2 rings (SSSR count). The highest BCUT2D eigenvalue weighted by molar-refractivity contribution is 6.29. The number of nitrogens with two attached hydrogens (primary N) is 1. The summed E-state index contributed by atoms with van der Waals surface area (Å²) in [7, 11) is 0. The number of aromatic nitrogens is 2.